The van der Waals surface area contributed by atoms with E-state index < -0.39 is 11.8 Å². The van der Waals surface area contributed by atoms with Gasteiger partial charge in [0.1, 0.15) is 4.83 Å². The van der Waals surface area contributed by atoms with E-state index in [-0.39, 0.29) is 5.56 Å². The number of carbonyl (C=O) groups excluding carboxylic acids is 2. The van der Waals surface area contributed by atoms with Crippen molar-refractivity contribution in [2.75, 3.05) is 0 Å². The van der Waals surface area contributed by atoms with Crippen LogP contribution in [0.2, 0.25) is 5.02 Å². The normalized spacial score (nSPS) is 10.9. The van der Waals surface area contributed by atoms with E-state index in [2.05, 4.69) is 20.8 Å². The van der Waals surface area contributed by atoms with Gasteiger partial charge in [-0.2, -0.15) is 0 Å². The molecule has 4 aromatic rings. The van der Waals surface area contributed by atoms with Gasteiger partial charge in [0.2, 0.25) is 0 Å². The van der Waals surface area contributed by atoms with E-state index in [1.807, 2.05) is 13.8 Å². The second-order valence-electron chi connectivity index (χ2n) is 6.23. The minimum absolute atomic E-state index is 0.271. The topological polar surface area (TPSA) is 97.1 Å². The monoisotopic (exact) mass is 426 g/mol. The number of hydrogen-bond acceptors (Lipinski definition) is 6. The third-order valence-electron chi connectivity index (χ3n) is 4.33. The third kappa shape index (κ3) is 3.59. The van der Waals surface area contributed by atoms with Crippen molar-refractivity contribution < 1.29 is 14.0 Å². The Morgan fingerprint density at radius 2 is 1.79 bits per heavy atom. The van der Waals surface area contributed by atoms with E-state index in [1.54, 1.807) is 42.7 Å². The van der Waals surface area contributed by atoms with Crippen LogP contribution in [0.5, 0.6) is 0 Å². The van der Waals surface area contributed by atoms with E-state index >= 15 is 0 Å². The smallest absolute Gasteiger partial charge is 0.280 e. The highest BCUT2D eigenvalue weighted by Gasteiger charge is 2.21. The van der Waals surface area contributed by atoms with Gasteiger partial charge in [0.15, 0.2) is 11.6 Å². The highest BCUT2D eigenvalue weighted by Crippen LogP contribution is 2.32. The van der Waals surface area contributed by atoms with Crippen LogP contribution in [-0.2, 0) is 0 Å². The van der Waals surface area contributed by atoms with Gasteiger partial charge in [0.25, 0.3) is 11.8 Å². The molecule has 0 aliphatic carbocycles. The van der Waals surface area contributed by atoms with Crippen molar-refractivity contribution in [2.24, 2.45) is 0 Å². The van der Waals surface area contributed by atoms with Gasteiger partial charge in [-0.25, -0.2) is 9.97 Å². The number of carbonyl (C=O) groups is 2. The molecular weight excluding hydrogens is 412 g/mol. The van der Waals surface area contributed by atoms with Gasteiger partial charge in [-0.1, -0.05) is 23.7 Å². The predicted octanol–water partition coefficient (Wildman–Crippen LogP) is 4.30. The zero-order valence-corrected chi connectivity index (χ0v) is 17.0. The molecule has 0 aliphatic heterocycles. The Labute approximate surface area is 174 Å². The van der Waals surface area contributed by atoms with Crippen LogP contribution in [-0.4, -0.2) is 21.8 Å². The van der Waals surface area contributed by atoms with Crippen molar-refractivity contribution in [2.45, 2.75) is 13.8 Å². The van der Waals surface area contributed by atoms with E-state index in [0.717, 1.165) is 16.6 Å². The summed E-state index contributed by atoms with van der Waals surface area (Å²) in [5.74, 6) is 0.0722. The molecular formula is C20H15ClN4O3S. The SMILES string of the molecule is Cc1nc(-c2ccco2)nc2sc(C(=O)NNC(=O)c3ccccc3Cl)c(C)c12. The molecule has 0 fully saturated rings. The molecule has 7 nitrogen and oxygen atoms in total. The summed E-state index contributed by atoms with van der Waals surface area (Å²) >= 11 is 7.24. The lowest BCUT2D eigenvalue weighted by atomic mass is 10.1. The molecule has 29 heavy (non-hydrogen) atoms. The Hall–Kier alpha value is -3.23. The maximum atomic E-state index is 12.7. The minimum Gasteiger partial charge on any atom is -0.461 e. The van der Waals surface area contributed by atoms with Crippen LogP contribution < -0.4 is 10.9 Å². The number of rotatable bonds is 3. The quantitative estimate of drug-likeness (QED) is 0.476. The Bertz CT molecular complexity index is 1230. The Kier molecular flexibility index (Phi) is 5.04. The number of nitrogens with one attached hydrogen (secondary N) is 2. The first-order chi connectivity index (χ1) is 14.0. The number of nitrogens with zero attached hydrogens (tertiary/aromatic N) is 2. The first-order valence-corrected chi connectivity index (χ1v) is 9.82. The van der Waals surface area contributed by atoms with E-state index in [0.29, 0.717) is 26.3 Å². The second-order valence-corrected chi connectivity index (χ2v) is 7.64. The van der Waals surface area contributed by atoms with Crippen LogP contribution in [0, 0.1) is 13.8 Å². The molecule has 2 amide bonds. The number of furan rings is 1. The molecule has 1 aromatic carbocycles. The number of hydrazine groups is 1. The van der Waals surface area contributed by atoms with E-state index in [4.69, 9.17) is 16.0 Å². The summed E-state index contributed by atoms with van der Waals surface area (Å²) in [6, 6.07) is 10.1. The van der Waals surface area contributed by atoms with Crippen molar-refractivity contribution >= 4 is 45.0 Å². The number of benzene rings is 1. The number of halogens is 1. The molecule has 0 aliphatic rings. The molecule has 0 saturated heterocycles. The standard InChI is InChI=1S/C20H15ClN4O3S/c1-10-15-11(2)22-17(14-8-5-9-28-14)23-20(15)29-16(10)19(27)25-24-18(26)12-6-3-4-7-13(12)21/h3-9H,1-2H3,(H,24,26)(H,25,27). The van der Waals surface area contributed by atoms with Crippen LogP contribution in [0.1, 0.15) is 31.3 Å². The Balaban J connectivity index is 1.59. The van der Waals surface area contributed by atoms with E-state index in [1.165, 1.54) is 11.3 Å². The van der Waals surface area contributed by atoms with Gasteiger partial charge in [0.05, 0.1) is 27.4 Å². The summed E-state index contributed by atoms with van der Waals surface area (Å²) in [6.45, 7) is 3.68. The lowest BCUT2D eigenvalue weighted by Gasteiger charge is -2.08. The number of aromatic nitrogens is 2. The fourth-order valence-corrected chi connectivity index (χ4v) is 4.30. The minimum atomic E-state index is -0.501. The van der Waals surface area contributed by atoms with E-state index in [9.17, 15) is 9.59 Å². The maximum absolute atomic E-state index is 12.7. The van der Waals surface area contributed by atoms with Crippen molar-refractivity contribution in [1.29, 1.82) is 0 Å². The Morgan fingerprint density at radius 1 is 1.03 bits per heavy atom. The predicted molar refractivity (Wildman–Crippen MR) is 111 cm³/mol. The molecule has 0 radical (unpaired) electrons. The molecule has 9 heteroatoms. The van der Waals surface area contributed by atoms with Crippen molar-refractivity contribution in [1.82, 2.24) is 20.8 Å². The van der Waals surface area contributed by atoms with Crippen LogP contribution in [0.3, 0.4) is 0 Å². The zero-order valence-electron chi connectivity index (χ0n) is 15.4. The largest absolute Gasteiger partial charge is 0.461 e. The lowest BCUT2D eigenvalue weighted by molar-refractivity contribution is 0.0848. The summed E-state index contributed by atoms with van der Waals surface area (Å²) < 4.78 is 5.37. The highest BCUT2D eigenvalue weighted by molar-refractivity contribution is 7.20. The third-order valence-corrected chi connectivity index (χ3v) is 5.84. The molecule has 0 spiro atoms. The summed E-state index contributed by atoms with van der Waals surface area (Å²) in [5.41, 5.74) is 6.59. The van der Waals surface area contributed by atoms with Crippen molar-refractivity contribution in [3.63, 3.8) is 0 Å². The highest BCUT2D eigenvalue weighted by atomic mass is 35.5. The van der Waals surface area contributed by atoms with Crippen LogP contribution in [0.25, 0.3) is 21.8 Å². The summed E-state index contributed by atoms with van der Waals surface area (Å²) in [6.07, 6.45) is 1.55. The van der Waals surface area contributed by atoms with Gasteiger partial charge in [-0.15, -0.1) is 11.3 Å². The van der Waals surface area contributed by atoms with Crippen LogP contribution in [0.15, 0.2) is 47.1 Å². The summed E-state index contributed by atoms with van der Waals surface area (Å²) in [5, 5.41) is 1.11. The molecule has 3 aromatic heterocycles. The first-order valence-electron chi connectivity index (χ1n) is 8.62. The fourth-order valence-electron chi connectivity index (χ4n) is 2.95. The number of thiophene rings is 1. The van der Waals surface area contributed by atoms with Crippen LogP contribution >= 0.6 is 22.9 Å². The second kappa shape index (κ2) is 7.65. The molecule has 0 unspecified atom stereocenters. The maximum Gasteiger partial charge on any atom is 0.280 e. The number of fused-ring (bicyclic) bond motifs is 1. The van der Waals surface area contributed by atoms with Crippen LogP contribution in [0.4, 0.5) is 0 Å². The molecule has 4 rings (SSSR count). The molecule has 0 atom stereocenters. The van der Waals surface area contributed by atoms with Gasteiger partial charge in [-0.3, -0.25) is 20.4 Å². The zero-order chi connectivity index (χ0) is 20.5. The van der Waals surface area contributed by atoms with Crippen molar-refractivity contribution in [3.05, 3.63) is 69.4 Å². The number of amides is 2. The molecule has 2 N–H and O–H groups in total. The molecule has 3 heterocycles. The lowest BCUT2D eigenvalue weighted by Crippen LogP contribution is -2.41. The average Bonchev–Trinajstić information content (AvgIpc) is 3.35. The van der Waals surface area contributed by atoms with Gasteiger partial charge >= 0.3 is 0 Å². The fraction of sp³-hybridized carbons (Fsp3) is 0.100. The average molecular weight is 427 g/mol. The molecule has 0 saturated carbocycles. The Morgan fingerprint density at radius 3 is 2.52 bits per heavy atom. The van der Waals surface area contributed by atoms with Gasteiger partial charge < -0.3 is 4.42 Å². The summed E-state index contributed by atoms with van der Waals surface area (Å²) in [7, 11) is 0. The van der Waals surface area contributed by atoms with Gasteiger partial charge in [-0.05, 0) is 43.7 Å². The number of aryl methyl sites for hydroxylation is 2. The van der Waals surface area contributed by atoms with Crippen molar-refractivity contribution in [3.8, 4) is 11.6 Å². The summed E-state index contributed by atoms with van der Waals surface area (Å²) in [4.78, 5) is 35.0. The van der Waals surface area contributed by atoms with Gasteiger partial charge in [0, 0.05) is 5.39 Å². The number of hydrogen-bond donors (Lipinski definition) is 2. The first kappa shape index (κ1) is 19.1. The molecule has 146 valence electrons. The molecule has 0 bridgehead atoms.